The molecule has 0 aromatic heterocycles. The van der Waals surface area contributed by atoms with Crippen molar-refractivity contribution in [1.82, 2.24) is 0 Å². The Bertz CT molecular complexity index is 536. The third-order valence-corrected chi connectivity index (χ3v) is 4.67. The first kappa shape index (κ1) is 13.5. The van der Waals surface area contributed by atoms with Crippen LogP contribution in [0.25, 0.3) is 0 Å². The van der Waals surface area contributed by atoms with Crippen molar-refractivity contribution in [2.24, 2.45) is 11.1 Å². The van der Waals surface area contributed by atoms with E-state index in [0.717, 1.165) is 6.42 Å². The maximum Gasteiger partial charge on any atom is 0.233 e. The highest BCUT2D eigenvalue weighted by Gasteiger charge is 2.50. The smallest absolute Gasteiger partial charge is 0.233 e. The van der Waals surface area contributed by atoms with Gasteiger partial charge >= 0.3 is 0 Å². The Morgan fingerprint density at radius 2 is 2.20 bits per heavy atom. The zero-order valence-corrected chi connectivity index (χ0v) is 11.3. The number of carbonyl (C=O) groups is 1. The fourth-order valence-electron chi connectivity index (χ4n) is 3.46. The highest BCUT2D eigenvalue weighted by Crippen LogP contribution is 2.45. The summed E-state index contributed by atoms with van der Waals surface area (Å²) in [7, 11) is 0. The molecule has 3 atom stereocenters. The standard InChI is InChI=1S/C15H19FN2O2/c16-10-2-1-3-11(8-10)18-7-6-15(14(18)20)5-4-13(19)12(17)9-15/h1-3,8,12-13,19H,4-7,9,17H2. The van der Waals surface area contributed by atoms with Crippen LogP contribution in [0, 0.1) is 11.2 Å². The molecule has 1 aromatic carbocycles. The summed E-state index contributed by atoms with van der Waals surface area (Å²) in [5, 5.41) is 9.73. The first-order valence-corrected chi connectivity index (χ1v) is 7.03. The summed E-state index contributed by atoms with van der Waals surface area (Å²) in [6, 6.07) is 5.76. The minimum atomic E-state index is -0.517. The zero-order valence-electron chi connectivity index (χ0n) is 11.3. The second-order valence-corrected chi connectivity index (χ2v) is 5.94. The van der Waals surface area contributed by atoms with Gasteiger partial charge in [-0.1, -0.05) is 6.07 Å². The molecule has 1 aliphatic heterocycles. The van der Waals surface area contributed by atoms with E-state index in [1.807, 2.05) is 0 Å². The number of aliphatic hydroxyl groups excluding tert-OH is 1. The van der Waals surface area contributed by atoms with Gasteiger partial charge in [0, 0.05) is 18.3 Å². The average molecular weight is 278 g/mol. The summed E-state index contributed by atoms with van der Waals surface area (Å²) in [5.74, 6) is -0.322. The van der Waals surface area contributed by atoms with Crippen molar-refractivity contribution in [3.8, 4) is 0 Å². The largest absolute Gasteiger partial charge is 0.392 e. The number of nitrogens with zero attached hydrogens (tertiary/aromatic N) is 1. The van der Waals surface area contributed by atoms with Crippen LogP contribution in [0.4, 0.5) is 10.1 Å². The Hall–Kier alpha value is -1.46. The lowest BCUT2D eigenvalue weighted by atomic mass is 9.70. The molecule has 2 aliphatic rings. The van der Waals surface area contributed by atoms with Crippen LogP contribution in [0.15, 0.2) is 24.3 Å². The van der Waals surface area contributed by atoms with Crippen LogP contribution in [-0.2, 0) is 4.79 Å². The Balaban J connectivity index is 1.84. The van der Waals surface area contributed by atoms with Gasteiger partial charge in [0.05, 0.1) is 11.5 Å². The summed E-state index contributed by atoms with van der Waals surface area (Å²) in [4.78, 5) is 14.4. The molecule has 0 bridgehead atoms. The van der Waals surface area contributed by atoms with E-state index in [9.17, 15) is 14.3 Å². The van der Waals surface area contributed by atoms with Gasteiger partial charge in [-0.05, 0) is 43.9 Å². The van der Waals surface area contributed by atoms with Crippen LogP contribution in [0.1, 0.15) is 25.7 Å². The van der Waals surface area contributed by atoms with Crippen LogP contribution in [0.2, 0.25) is 0 Å². The van der Waals surface area contributed by atoms with Crippen LogP contribution < -0.4 is 10.6 Å². The highest BCUT2D eigenvalue weighted by molar-refractivity contribution is 6.00. The number of anilines is 1. The van der Waals surface area contributed by atoms with E-state index in [0.29, 0.717) is 31.5 Å². The first-order valence-electron chi connectivity index (χ1n) is 7.03. The van der Waals surface area contributed by atoms with Crippen LogP contribution in [0.5, 0.6) is 0 Å². The predicted molar refractivity (Wildman–Crippen MR) is 73.6 cm³/mol. The average Bonchev–Trinajstić information content (AvgIpc) is 2.72. The number of halogens is 1. The third kappa shape index (κ3) is 2.11. The van der Waals surface area contributed by atoms with Gasteiger partial charge in [0.25, 0.3) is 0 Å². The zero-order chi connectivity index (χ0) is 14.3. The molecule has 1 spiro atoms. The van der Waals surface area contributed by atoms with E-state index in [4.69, 9.17) is 5.73 Å². The van der Waals surface area contributed by atoms with Crippen LogP contribution in [0.3, 0.4) is 0 Å². The molecule has 20 heavy (non-hydrogen) atoms. The number of rotatable bonds is 1. The SMILES string of the molecule is NC1CC2(CCC1O)CCN(c1cccc(F)c1)C2=O. The molecule has 5 heteroatoms. The van der Waals surface area contributed by atoms with E-state index in [1.165, 1.54) is 12.1 Å². The normalized spacial score (nSPS) is 34.0. The Kier molecular flexibility index (Phi) is 3.26. The number of hydrogen-bond acceptors (Lipinski definition) is 3. The van der Waals surface area contributed by atoms with Gasteiger partial charge in [-0.2, -0.15) is 0 Å². The lowest BCUT2D eigenvalue weighted by molar-refractivity contribution is -0.128. The van der Waals surface area contributed by atoms with Crippen molar-refractivity contribution in [1.29, 1.82) is 0 Å². The van der Waals surface area contributed by atoms with Gasteiger partial charge in [0.1, 0.15) is 5.82 Å². The van der Waals surface area contributed by atoms with Crippen molar-refractivity contribution in [2.75, 3.05) is 11.4 Å². The number of amides is 1. The minimum absolute atomic E-state index is 0.0189. The van der Waals surface area contributed by atoms with Gasteiger partial charge in [-0.3, -0.25) is 4.79 Å². The molecule has 1 heterocycles. The molecule has 2 fully saturated rings. The topological polar surface area (TPSA) is 66.6 Å². The molecule has 1 saturated heterocycles. The maximum atomic E-state index is 13.3. The summed E-state index contributed by atoms with van der Waals surface area (Å²) >= 11 is 0. The molecule has 3 N–H and O–H groups in total. The molecule has 0 radical (unpaired) electrons. The van der Waals surface area contributed by atoms with Crippen molar-refractivity contribution in [3.63, 3.8) is 0 Å². The van der Waals surface area contributed by atoms with Crippen molar-refractivity contribution < 1.29 is 14.3 Å². The Labute approximate surface area is 117 Å². The molecule has 1 saturated carbocycles. The molecule has 108 valence electrons. The number of benzene rings is 1. The summed E-state index contributed by atoms with van der Waals surface area (Å²) < 4.78 is 13.3. The fourth-order valence-corrected chi connectivity index (χ4v) is 3.46. The molecule has 1 aromatic rings. The van der Waals surface area contributed by atoms with Crippen LogP contribution >= 0.6 is 0 Å². The monoisotopic (exact) mass is 278 g/mol. The number of carbonyl (C=O) groups excluding carboxylic acids is 1. The van der Waals surface area contributed by atoms with Gasteiger partial charge < -0.3 is 15.7 Å². The van der Waals surface area contributed by atoms with Gasteiger partial charge in [-0.25, -0.2) is 4.39 Å². The van der Waals surface area contributed by atoms with Crippen molar-refractivity contribution in [2.45, 2.75) is 37.8 Å². The van der Waals surface area contributed by atoms with Crippen molar-refractivity contribution >= 4 is 11.6 Å². The number of hydrogen-bond donors (Lipinski definition) is 2. The fraction of sp³-hybridized carbons (Fsp3) is 0.533. The van der Waals surface area contributed by atoms with Gasteiger partial charge in [0.15, 0.2) is 0 Å². The second-order valence-electron chi connectivity index (χ2n) is 5.94. The van der Waals surface area contributed by atoms with E-state index >= 15 is 0 Å². The second kappa shape index (κ2) is 4.82. The molecule has 1 aliphatic carbocycles. The maximum absolute atomic E-state index is 13.3. The lowest BCUT2D eigenvalue weighted by Gasteiger charge is -2.37. The third-order valence-electron chi connectivity index (χ3n) is 4.67. The molecular formula is C15H19FN2O2. The van der Waals surface area contributed by atoms with Gasteiger partial charge in [-0.15, -0.1) is 0 Å². The molecule has 3 unspecified atom stereocenters. The quantitative estimate of drug-likeness (QED) is 0.816. The molecule has 3 rings (SSSR count). The lowest BCUT2D eigenvalue weighted by Crippen LogP contribution is -2.48. The molecular weight excluding hydrogens is 259 g/mol. The molecule has 1 amide bonds. The first-order chi connectivity index (χ1) is 9.52. The Morgan fingerprint density at radius 1 is 1.40 bits per heavy atom. The van der Waals surface area contributed by atoms with E-state index in [2.05, 4.69) is 0 Å². The van der Waals surface area contributed by atoms with Crippen molar-refractivity contribution in [3.05, 3.63) is 30.1 Å². The van der Waals surface area contributed by atoms with E-state index < -0.39 is 11.5 Å². The van der Waals surface area contributed by atoms with Gasteiger partial charge in [0.2, 0.25) is 5.91 Å². The summed E-state index contributed by atoms with van der Waals surface area (Å²) in [6.07, 6.45) is 1.94. The highest BCUT2D eigenvalue weighted by atomic mass is 19.1. The number of nitrogens with two attached hydrogens (primary N) is 1. The number of aliphatic hydroxyl groups is 1. The van der Waals surface area contributed by atoms with Crippen LogP contribution in [-0.4, -0.2) is 29.7 Å². The summed E-state index contributed by atoms with van der Waals surface area (Å²) in [5.41, 5.74) is 6.06. The van der Waals surface area contributed by atoms with E-state index in [1.54, 1.807) is 17.0 Å². The van der Waals surface area contributed by atoms with E-state index in [-0.39, 0.29) is 17.8 Å². The molecule has 4 nitrogen and oxygen atoms in total. The summed E-state index contributed by atoms with van der Waals surface area (Å²) in [6.45, 7) is 0.588. The predicted octanol–water partition coefficient (Wildman–Crippen LogP) is 1.42. The minimum Gasteiger partial charge on any atom is -0.392 e. The Morgan fingerprint density at radius 3 is 2.90 bits per heavy atom.